The number of benzene rings is 4. The average Bonchev–Trinajstić information content (AvgIpc) is 3.66. The third-order valence-electron chi connectivity index (χ3n) is 9.76. The first kappa shape index (κ1) is 39.3. The first-order valence-electron chi connectivity index (χ1n) is 18.2. The third kappa shape index (κ3) is 9.19. The van der Waals surface area contributed by atoms with Crippen LogP contribution in [0.25, 0.3) is 0 Å². The highest BCUT2D eigenvalue weighted by Crippen LogP contribution is 2.41. The van der Waals surface area contributed by atoms with E-state index < -0.39 is 36.0 Å². The minimum absolute atomic E-state index is 0.0119. The first-order valence-corrected chi connectivity index (χ1v) is 19.0. The molecule has 0 spiro atoms. The molecule has 14 heteroatoms. The molecular formula is C43H39Cl2N3O9. The fourth-order valence-corrected chi connectivity index (χ4v) is 6.91. The second-order valence-corrected chi connectivity index (χ2v) is 14.6. The first-order chi connectivity index (χ1) is 27.4. The van der Waals surface area contributed by atoms with Gasteiger partial charge in [0.15, 0.2) is 29.2 Å². The van der Waals surface area contributed by atoms with Gasteiger partial charge in [0.1, 0.15) is 43.1 Å². The quantitative estimate of drug-likeness (QED) is 0.119. The highest BCUT2D eigenvalue weighted by molar-refractivity contribution is 6.42. The molecule has 0 aliphatic carbocycles. The lowest BCUT2D eigenvalue weighted by Gasteiger charge is -2.37. The number of rotatable bonds is 12. The zero-order valence-corrected chi connectivity index (χ0v) is 32.8. The molecule has 0 saturated carbocycles. The molecule has 3 unspecified atom stereocenters. The number of nitrogens with zero attached hydrogens (tertiary/aromatic N) is 2. The molecule has 5 aromatic rings. The van der Waals surface area contributed by atoms with Gasteiger partial charge in [-0.15, -0.1) is 0 Å². The maximum atomic E-state index is 14.0. The van der Waals surface area contributed by atoms with Crippen molar-refractivity contribution in [2.45, 2.75) is 65.0 Å². The number of aryl methyl sites for hydroxylation is 1. The van der Waals surface area contributed by atoms with Gasteiger partial charge in [0.25, 0.3) is 5.91 Å². The summed E-state index contributed by atoms with van der Waals surface area (Å²) in [5.41, 5.74) is 3.97. The summed E-state index contributed by atoms with van der Waals surface area (Å²) in [5.74, 6) is 0.895. The molecule has 12 nitrogen and oxygen atoms in total. The topological polar surface area (TPSA) is 150 Å². The highest BCUT2D eigenvalue weighted by Gasteiger charge is 2.39. The number of oxazole rings is 1. The van der Waals surface area contributed by atoms with Gasteiger partial charge in [0.2, 0.25) is 5.91 Å². The van der Waals surface area contributed by atoms with Crippen molar-refractivity contribution >= 4 is 41.0 Å². The van der Waals surface area contributed by atoms with E-state index in [-0.39, 0.29) is 37.6 Å². The van der Waals surface area contributed by atoms with Crippen LogP contribution in [0.1, 0.15) is 64.1 Å². The Balaban J connectivity index is 1.07. The number of amides is 2. The second kappa shape index (κ2) is 17.0. The van der Waals surface area contributed by atoms with Gasteiger partial charge in [-0.3, -0.25) is 9.59 Å². The van der Waals surface area contributed by atoms with Gasteiger partial charge in [0.05, 0.1) is 15.8 Å². The number of carboxylic acids is 1. The van der Waals surface area contributed by atoms with E-state index in [1.807, 2.05) is 62.4 Å². The molecule has 57 heavy (non-hydrogen) atoms. The molecule has 1 aromatic heterocycles. The molecule has 0 saturated heterocycles. The Morgan fingerprint density at radius 1 is 0.965 bits per heavy atom. The summed E-state index contributed by atoms with van der Waals surface area (Å²) in [7, 11) is 0. The van der Waals surface area contributed by atoms with Gasteiger partial charge in [-0.2, -0.15) is 0 Å². The smallest absolute Gasteiger partial charge is 0.326 e. The Kier molecular flexibility index (Phi) is 11.7. The summed E-state index contributed by atoms with van der Waals surface area (Å²) in [4.78, 5) is 45.9. The highest BCUT2D eigenvalue weighted by atomic mass is 35.5. The lowest BCUT2D eigenvalue weighted by atomic mass is 9.91. The van der Waals surface area contributed by atoms with Gasteiger partial charge < -0.3 is 38.7 Å². The zero-order chi connectivity index (χ0) is 40.2. The minimum atomic E-state index is -1.27. The number of halogens is 2. The Labute approximate surface area is 338 Å². The summed E-state index contributed by atoms with van der Waals surface area (Å²) in [5, 5.41) is 13.8. The number of allylic oxidation sites excluding steroid dienone is 2. The van der Waals surface area contributed by atoms with E-state index in [0.29, 0.717) is 45.2 Å². The number of carbonyl (C=O) groups excluding carboxylic acids is 2. The van der Waals surface area contributed by atoms with Gasteiger partial charge >= 0.3 is 5.97 Å². The summed E-state index contributed by atoms with van der Waals surface area (Å²) in [6, 6.07) is 21.2. The predicted molar refractivity (Wildman–Crippen MR) is 211 cm³/mol. The summed E-state index contributed by atoms with van der Waals surface area (Å²) < 4.78 is 29.6. The van der Waals surface area contributed by atoms with E-state index in [0.717, 1.165) is 28.0 Å². The lowest BCUT2D eigenvalue weighted by molar-refractivity contribution is -0.142. The van der Waals surface area contributed by atoms with Crippen LogP contribution in [0.5, 0.6) is 23.0 Å². The van der Waals surface area contributed by atoms with Crippen LogP contribution < -0.4 is 24.3 Å². The van der Waals surface area contributed by atoms with E-state index in [4.69, 9.17) is 46.6 Å². The zero-order valence-electron chi connectivity index (χ0n) is 31.3. The summed E-state index contributed by atoms with van der Waals surface area (Å²) >= 11 is 12.2. The van der Waals surface area contributed by atoms with E-state index in [1.165, 1.54) is 11.2 Å². The minimum Gasteiger partial charge on any atom is -0.489 e. The van der Waals surface area contributed by atoms with Crippen molar-refractivity contribution in [3.05, 3.63) is 146 Å². The number of ether oxygens (including phenoxy) is 4. The number of nitrogens with one attached hydrogen (secondary N) is 1. The second-order valence-electron chi connectivity index (χ2n) is 13.7. The van der Waals surface area contributed by atoms with Gasteiger partial charge in [-0.25, -0.2) is 9.78 Å². The fraction of sp³-hybridized carbons (Fsp3) is 0.256. The SMILES string of the molecule is CC=C(C)Oc1ccc(CC(NC(=O)C2Cc3cc4c(cc3CN2C(=O)c2coc(C)n2)OC(c2ccc(OCc3ccc(Cl)c(Cl)c3)cc2)CO4)C(=O)O)cc1. The Bertz CT molecular complexity index is 2330. The van der Waals surface area contributed by atoms with Crippen LogP contribution in [0, 0.1) is 6.92 Å². The van der Waals surface area contributed by atoms with Crippen LogP contribution >= 0.6 is 23.2 Å². The number of carboxylic acid groups (broad SMARTS) is 1. The van der Waals surface area contributed by atoms with Crippen LogP contribution in [-0.2, 0) is 35.6 Å². The molecule has 294 valence electrons. The Hall–Kier alpha value is -5.98. The fourth-order valence-electron chi connectivity index (χ4n) is 6.59. The largest absolute Gasteiger partial charge is 0.489 e. The third-order valence-corrected chi connectivity index (χ3v) is 10.5. The van der Waals surface area contributed by atoms with Crippen molar-refractivity contribution in [2.75, 3.05) is 6.61 Å². The van der Waals surface area contributed by atoms with E-state index in [1.54, 1.807) is 43.3 Å². The number of aliphatic carboxylic acids is 1. The van der Waals surface area contributed by atoms with Crippen molar-refractivity contribution in [3.8, 4) is 23.0 Å². The Morgan fingerprint density at radius 3 is 2.37 bits per heavy atom. The van der Waals surface area contributed by atoms with Crippen molar-refractivity contribution in [1.82, 2.24) is 15.2 Å². The summed E-state index contributed by atoms with van der Waals surface area (Å²) in [6.07, 6.45) is 2.75. The van der Waals surface area contributed by atoms with Gasteiger partial charge in [-0.1, -0.05) is 53.5 Å². The van der Waals surface area contributed by atoms with Crippen LogP contribution in [-0.4, -0.2) is 51.5 Å². The molecular weight excluding hydrogens is 773 g/mol. The van der Waals surface area contributed by atoms with E-state index in [2.05, 4.69) is 10.3 Å². The van der Waals surface area contributed by atoms with Gasteiger partial charge in [0, 0.05) is 26.3 Å². The maximum absolute atomic E-state index is 14.0. The monoisotopic (exact) mass is 811 g/mol. The molecule has 3 heterocycles. The molecule has 2 amide bonds. The molecule has 0 fully saturated rings. The van der Waals surface area contributed by atoms with Crippen molar-refractivity contribution in [1.29, 1.82) is 0 Å². The number of hydrogen-bond donors (Lipinski definition) is 2. The molecule has 2 N–H and O–H groups in total. The molecule has 0 bridgehead atoms. The number of aromatic nitrogens is 1. The van der Waals surface area contributed by atoms with Crippen LogP contribution in [0.4, 0.5) is 0 Å². The standard InChI is InChI=1S/C43H39Cl2N3O9/c1-4-24(2)56-32-10-5-26(6-11-32)16-35(43(51)52)47-41(49)37-17-29-18-38-39(19-30(29)20-48(37)42(50)36-22-53-25(3)46-36)57-40(23-55-38)28-8-12-31(13-9-28)54-21-27-7-14-33(44)34(45)15-27/h4-15,18-19,22,35,37,40H,16-17,20-21,23H2,1-3H3,(H,47,49)(H,51,52). The number of fused-ring (bicyclic) bond motifs is 2. The average molecular weight is 813 g/mol. The lowest BCUT2D eigenvalue weighted by Crippen LogP contribution is -2.56. The normalized spacial score (nSPS) is 16.6. The maximum Gasteiger partial charge on any atom is 0.326 e. The summed E-state index contributed by atoms with van der Waals surface area (Å²) in [6.45, 7) is 5.88. The molecule has 0 radical (unpaired) electrons. The molecule has 2 aliphatic rings. The van der Waals surface area contributed by atoms with Crippen molar-refractivity contribution in [2.24, 2.45) is 0 Å². The Morgan fingerprint density at radius 2 is 1.68 bits per heavy atom. The molecule has 3 atom stereocenters. The van der Waals surface area contributed by atoms with E-state index in [9.17, 15) is 19.5 Å². The van der Waals surface area contributed by atoms with Gasteiger partial charge in [-0.05, 0) is 96.3 Å². The predicted octanol–water partition coefficient (Wildman–Crippen LogP) is 8.06. The van der Waals surface area contributed by atoms with Crippen molar-refractivity contribution < 1.29 is 42.9 Å². The van der Waals surface area contributed by atoms with Crippen LogP contribution in [0.15, 0.2) is 101 Å². The van der Waals surface area contributed by atoms with Crippen LogP contribution in [0.2, 0.25) is 10.0 Å². The molecule has 2 aliphatic heterocycles. The molecule has 4 aromatic carbocycles. The number of carbonyl (C=O) groups is 3. The molecule has 7 rings (SSSR count). The van der Waals surface area contributed by atoms with Crippen LogP contribution in [0.3, 0.4) is 0 Å². The number of hydrogen-bond acceptors (Lipinski definition) is 9. The van der Waals surface area contributed by atoms with E-state index >= 15 is 0 Å². The van der Waals surface area contributed by atoms with Crippen molar-refractivity contribution in [3.63, 3.8) is 0 Å².